The first-order valence-corrected chi connectivity index (χ1v) is 11.2. The van der Waals surface area contributed by atoms with Crippen molar-refractivity contribution >= 4 is 5.91 Å². The van der Waals surface area contributed by atoms with Crippen LogP contribution in [0.3, 0.4) is 0 Å². The number of alkyl halides is 3. The number of carbonyl (C=O) groups excluding carboxylic acids is 1. The number of benzene rings is 1. The number of aromatic nitrogens is 2. The normalized spacial score (nSPS) is 25.3. The van der Waals surface area contributed by atoms with E-state index in [4.69, 9.17) is 0 Å². The van der Waals surface area contributed by atoms with Crippen molar-refractivity contribution < 1.29 is 28.2 Å². The fraction of sp³-hybridized carbons (Fsp3) is 0.542. The molecular formula is C24H28F3N3O3. The van der Waals surface area contributed by atoms with Gasteiger partial charge in [-0.05, 0) is 69.2 Å². The van der Waals surface area contributed by atoms with Gasteiger partial charge in [-0.1, -0.05) is 12.1 Å². The van der Waals surface area contributed by atoms with E-state index in [1.54, 1.807) is 18.5 Å². The Morgan fingerprint density at radius 3 is 2.09 bits per heavy atom. The third-order valence-corrected chi connectivity index (χ3v) is 7.07. The quantitative estimate of drug-likeness (QED) is 0.682. The molecule has 1 aromatic heterocycles. The average molecular weight is 464 g/mol. The molecule has 1 aromatic carbocycles. The summed E-state index contributed by atoms with van der Waals surface area (Å²) in [4.78, 5) is 23.9. The van der Waals surface area contributed by atoms with Crippen LogP contribution in [-0.2, 0) is 11.0 Å². The molecule has 0 aliphatic heterocycles. The first-order valence-electron chi connectivity index (χ1n) is 11.2. The molecule has 6 nitrogen and oxygen atoms in total. The second-order valence-electron chi connectivity index (χ2n) is 9.33. The van der Waals surface area contributed by atoms with Gasteiger partial charge in [0.05, 0.1) is 12.0 Å². The predicted octanol–water partition coefficient (Wildman–Crippen LogP) is 3.72. The van der Waals surface area contributed by atoms with E-state index in [0.717, 1.165) is 25.0 Å². The van der Waals surface area contributed by atoms with Crippen molar-refractivity contribution in [1.29, 1.82) is 0 Å². The minimum Gasteiger partial charge on any atom is -0.395 e. The molecule has 1 heterocycles. The number of aliphatic hydroxyl groups is 2. The van der Waals surface area contributed by atoms with E-state index in [9.17, 15) is 28.2 Å². The van der Waals surface area contributed by atoms with Gasteiger partial charge in [-0.25, -0.2) is 9.97 Å². The third kappa shape index (κ3) is 4.48. The summed E-state index contributed by atoms with van der Waals surface area (Å²) in [6.45, 7) is 0.633. The number of halogens is 3. The van der Waals surface area contributed by atoms with Crippen LogP contribution >= 0.6 is 0 Å². The van der Waals surface area contributed by atoms with Crippen LogP contribution in [0.15, 0.2) is 42.7 Å². The van der Waals surface area contributed by atoms with Gasteiger partial charge in [-0.15, -0.1) is 0 Å². The van der Waals surface area contributed by atoms with Crippen molar-refractivity contribution in [1.82, 2.24) is 14.9 Å². The van der Waals surface area contributed by atoms with E-state index in [2.05, 4.69) is 9.97 Å². The number of hydrogen-bond acceptors (Lipinski definition) is 5. The zero-order valence-corrected chi connectivity index (χ0v) is 18.4. The van der Waals surface area contributed by atoms with Gasteiger partial charge >= 0.3 is 6.18 Å². The number of aliphatic hydroxyl groups excluding tert-OH is 1. The van der Waals surface area contributed by atoms with Crippen molar-refractivity contribution in [2.45, 2.75) is 74.7 Å². The van der Waals surface area contributed by atoms with Crippen LogP contribution in [0.1, 0.15) is 67.2 Å². The Balaban J connectivity index is 1.50. The summed E-state index contributed by atoms with van der Waals surface area (Å²) in [6, 6.07) is 6.86. The summed E-state index contributed by atoms with van der Waals surface area (Å²) in [5, 5.41) is 20.0. The topological polar surface area (TPSA) is 86.5 Å². The van der Waals surface area contributed by atoms with Crippen LogP contribution in [0.5, 0.6) is 0 Å². The molecule has 1 atom stereocenters. The Morgan fingerprint density at radius 1 is 1.06 bits per heavy atom. The molecule has 0 unspecified atom stereocenters. The number of carbonyl (C=O) groups is 1. The SMILES string of the molecule is C[C@](O)(c1ccc(C(=O)N(C2CC2)[C@H]2CC[C@@](CO)(c3ncccn3)CC2)cc1)C(F)(F)F. The molecule has 0 spiro atoms. The summed E-state index contributed by atoms with van der Waals surface area (Å²) in [5.74, 6) is 0.399. The smallest absolute Gasteiger partial charge is 0.395 e. The fourth-order valence-electron chi connectivity index (χ4n) is 4.69. The molecule has 1 amide bonds. The predicted molar refractivity (Wildman–Crippen MR) is 114 cm³/mol. The van der Waals surface area contributed by atoms with Crippen LogP contribution in [-0.4, -0.2) is 55.9 Å². The van der Waals surface area contributed by atoms with E-state index < -0.39 is 17.2 Å². The maximum atomic E-state index is 13.4. The van der Waals surface area contributed by atoms with Gasteiger partial charge in [-0.3, -0.25) is 4.79 Å². The average Bonchev–Trinajstić information content (AvgIpc) is 3.65. The van der Waals surface area contributed by atoms with E-state index >= 15 is 0 Å². The van der Waals surface area contributed by atoms with E-state index in [0.29, 0.717) is 44.0 Å². The largest absolute Gasteiger partial charge is 0.421 e. The maximum absolute atomic E-state index is 13.4. The Kier molecular flexibility index (Phi) is 6.22. The maximum Gasteiger partial charge on any atom is 0.421 e. The summed E-state index contributed by atoms with van der Waals surface area (Å²) in [6.07, 6.45) is 2.94. The van der Waals surface area contributed by atoms with Gasteiger partial charge < -0.3 is 15.1 Å². The lowest BCUT2D eigenvalue weighted by atomic mass is 9.72. The third-order valence-electron chi connectivity index (χ3n) is 7.07. The summed E-state index contributed by atoms with van der Waals surface area (Å²) < 4.78 is 39.4. The molecule has 0 saturated heterocycles. The monoisotopic (exact) mass is 463 g/mol. The Hall–Kier alpha value is -2.52. The lowest BCUT2D eigenvalue weighted by molar-refractivity contribution is -0.258. The standard InChI is InChI=1S/C24H28F3N3O3/c1-22(33,24(25,26)27)17-5-3-16(4-6-17)20(32)30(18-7-8-18)19-9-11-23(15-31,12-10-19)21-28-13-2-14-29-21/h2-6,13-14,18-19,31,33H,7-12,15H2,1H3/t19-,22-,23+/m0/s1. The van der Waals surface area contributed by atoms with E-state index in [1.807, 2.05) is 4.90 Å². The molecule has 2 fully saturated rings. The molecule has 2 saturated carbocycles. The molecule has 2 N–H and O–H groups in total. The molecular weight excluding hydrogens is 435 g/mol. The molecule has 178 valence electrons. The van der Waals surface area contributed by atoms with Gasteiger partial charge in [0, 0.05) is 30.0 Å². The lowest BCUT2D eigenvalue weighted by Crippen LogP contribution is -2.48. The lowest BCUT2D eigenvalue weighted by Gasteiger charge is -2.42. The van der Waals surface area contributed by atoms with E-state index in [1.165, 1.54) is 12.1 Å². The molecule has 2 aliphatic rings. The number of hydrogen-bond donors (Lipinski definition) is 2. The number of nitrogens with zero attached hydrogens (tertiary/aromatic N) is 3. The van der Waals surface area contributed by atoms with Crippen LogP contribution in [0.2, 0.25) is 0 Å². The highest BCUT2D eigenvalue weighted by atomic mass is 19.4. The first kappa shape index (κ1) is 23.6. The molecule has 33 heavy (non-hydrogen) atoms. The van der Waals surface area contributed by atoms with Crippen LogP contribution in [0.4, 0.5) is 13.2 Å². The van der Waals surface area contributed by atoms with Gasteiger partial charge in [0.25, 0.3) is 5.91 Å². The van der Waals surface area contributed by atoms with Gasteiger partial charge in [0.15, 0.2) is 5.60 Å². The fourth-order valence-corrected chi connectivity index (χ4v) is 4.69. The number of amides is 1. The first-order chi connectivity index (χ1) is 15.6. The molecule has 2 aromatic rings. The summed E-state index contributed by atoms with van der Waals surface area (Å²) in [5.41, 5.74) is -3.52. The minimum absolute atomic E-state index is 0.0219. The van der Waals surface area contributed by atoms with Gasteiger partial charge in [0.1, 0.15) is 5.82 Å². The van der Waals surface area contributed by atoms with Crippen LogP contribution in [0.25, 0.3) is 0 Å². The van der Waals surface area contributed by atoms with Crippen molar-refractivity contribution in [3.05, 3.63) is 59.7 Å². The molecule has 4 rings (SSSR count). The van der Waals surface area contributed by atoms with E-state index in [-0.39, 0.29) is 30.2 Å². The van der Waals surface area contributed by atoms with Crippen LogP contribution in [0, 0.1) is 0 Å². The Labute approximate surface area is 190 Å². The van der Waals surface area contributed by atoms with Gasteiger partial charge in [-0.2, -0.15) is 13.2 Å². The van der Waals surface area contributed by atoms with Crippen molar-refractivity contribution in [2.24, 2.45) is 0 Å². The van der Waals surface area contributed by atoms with Crippen LogP contribution < -0.4 is 0 Å². The highest BCUT2D eigenvalue weighted by molar-refractivity contribution is 5.95. The minimum atomic E-state index is -4.82. The second-order valence-corrected chi connectivity index (χ2v) is 9.33. The Bertz CT molecular complexity index is 968. The number of rotatable bonds is 6. The summed E-state index contributed by atoms with van der Waals surface area (Å²) >= 11 is 0. The Morgan fingerprint density at radius 2 is 1.61 bits per heavy atom. The summed E-state index contributed by atoms with van der Waals surface area (Å²) in [7, 11) is 0. The molecule has 9 heteroatoms. The van der Waals surface area contributed by atoms with Crippen molar-refractivity contribution in [3.8, 4) is 0 Å². The highest BCUT2D eigenvalue weighted by Gasteiger charge is 2.51. The van der Waals surface area contributed by atoms with Crippen molar-refractivity contribution in [3.63, 3.8) is 0 Å². The highest BCUT2D eigenvalue weighted by Crippen LogP contribution is 2.42. The molecule has 0 radical (unpaired) electrons. The van der Waals surface area contributed by atoms with Gasteiger partial charge in [0.2, 0.25) is 0 Å². The second kappa shape index (κ2) is 8.68. The molecule has 2 aliphatic carbocycles. The zero-order chi connectivity index (χ0) is 23.9. The zero-order valence-electron chi connectivity index (χ0n) is 18.4. The van der Waals surface area contributed by atoms with Crippen molar-refractivity contribution in [2.75, 3.05) is 6.61 Å². The molecule has 0 bridgehead atoms.